The van der Waals surface area contributed by atoms with Crippen LogP contribution in [0.4, 0.5) is 0 Å². The van der Waals surface area contributed by atoms with Crippen LogP contribution in [-0.4, -0.2) is 12.2 Å². The molecule has 1 aromatic rings. The van der Waals surface area contributed by atoms with Gasteiger partial charge in [-0.1, -0.05) is 6.07 Å². The minimum Gasteiger partial charge on any atom is -0.496 e. The van der Waals surface area contributed by atoms with Gasteiger partial charge in [0.1, 0.15) is 5.75 Å². The van der Waals surface area contributed by atoms with E-state index in [4.69, 9.17) is 9.84 Å². The molecule has 0 aliphatic rings. The standard InChI is InChI=1S/C10H14O2/c1-7-4-9(6-11)5-10(12-3)8(7)2/h4-5,11H,6H2,1-3H3. The maximum atomic E-state index is 8.92. The molecule has 0 aliphatic heterocycles. The van der Waals surface area contributed by atoms with Crippen molar-refractivity contribution in [1.29, 1.82) is 0 Å². The van der Waals surface area contributed by atoms with Gasteiger partial charge in [-0.25, -0.2) is 0 Å². The van der Waals surface area contributed by atoms with E-state index in [0.29, 0.717) is 0 Å². The highest BCUT2D eigenvalue weighted by molar-refractivity contribution is 5.42. The lowest BCUT2D eigenvalue weighted by molar-refractivity contribution is 0.281. The number of hydrogen-bond acceptors (Lipinski definition) is 2. The van der Waals surface area contributed by atoms with Crippen molar-refractivity contribution < 1.29 is 9.84 Å². The molecule has 0 saturated heterocycles. The number of ether oxygens (including phenoxy) is 1. The van der Waals surface area contributed by atoms with Crippen LogP contribution in [0.3, 0.4) is 0 Å². The molecule has 1 rings (SSSR count). The summed E-state index contributed by atoms with van der Waals surface area (Å²) in [6.07, 6.45) is 0. The third-order valence-electron chi connectivity index (χ3n) is 2.08. The fourth-order valence-corrected chi connectivity index (χ4v) is 1.20. The Morgan fingerprint density at radius 2 is 2.00 bits per heavy atom. The van der Waals surface area contributed by atoms with E-state index >= 15 is 0 Å². The van der Waals surface area contributed by atoms with Crippen molar-refractivity contribution in [2.75, 3.05) is 7.11 Å². The Hall–Kier alpha value is -1.02. The van der Waals surface area contributed by atoms with E-state index in [2.05, 4.69) is 0 Å². The molecular weight excluding hydrogens is 152 g/mol. The summed E-state index contributed by atoms with van der Waals surface area (Å²) in [5.74, 6) is 0.846. The largest absolute Gasteiger partial charge is 0.496 e. The van der Waals surface area contributed by atoms with Crippen LogP contribution in [0.15, 0.2) is 12.1 Å². The number of aliphatic hydroxyl groups is 1. The van der Waals surface area contributed by atoms with E-state index in [-0.39, 0.29) is 6.61 Å². The number of benzene rings is 1. The molecule has 2 nitrogen and oxygen atoms in total. The molecule has 0 saturated carbocycles. The van der Waals surface area contributed by atoms with Gasteiger partial charge in [0.25, 0.3) is 0 Å². The normalized spacial score (nSPS) is 10.0. The van der Waals surface area contributed by atoms with E-state index in [1.807, 2.05) is 26.0 Å². The van der Waals surface area contributed by atoms with Gasteiger partial charge in [-0.15, -0.1) is 0 Å². The summed E-state index contributed by atoms with van der Waals surface area (Å²) in [7, 11) is 1.64. The first kappa shape index (κ1) is 9.07. The van der Waals surface area contributed by atoms with Gasteiger partial charge in [0.15, 0.2) is 0 Å². The summed E-state index contributed by atoms with van der Waals surface area (Å²) in [5.41, 5.74) is 3.18. The quantitative estimate of drug-likeness (QED) is 0.726. The summed E-state index contributed by atoms with van der Waals surface area (Å²) in [5, 5.41) is 8.92. The lowest BCUT2D eigenvalue weighted by atomic mass is 10.1. The lowest BCUT2D eigenvalue weighted by Gasteiger charge is -2.09. The van der Waals surface area contributed by atoms with Crippen molar-refractivity contribution in [2.45, 2.75) is 20.5 Å². The predicted octanol–water partition coefficient (Wildman–Crippen LogP) is 1.80. The molecule has 0 aromatic heterocycles. The first-order valence-electron chi connectivity index (χ1n) is 3.94. The molecule has 1 N–H and O–H groups in total. The SMILES string of the molecule is COc1cc(CO)cc(C)c1C. The summed E-state index contributed by atoms with van der Waals surface area (Å²) in [6, 6.07) is 3.83. The first-order valence-corrected chi connectivity index (χ1v) is 3.94. The van der Waals surface area contributed by atoms with E-state index in [1.54, 1.807) is 7.11 Å². The minimum atomic E-state index is 0.0669. The van der Waals surface area contributed by atoms with Gasteiger partial charge in [0.2, 0.25) is 0 Å². The van der Waals surface area contributed by atoms with Gasteiger partial charge in [-0.3, -0.25) is 0 Å². The molecule has 0 atom stereocenters. The summed E-state index contributed by atoms with van der Waals surface area (Å²) >= 11 is 0. The fraction of sp³-hybridized carbons (Fsp3) is 0.400. The topological polar surface area (TPSA) is 29.5 Å². The zero-order valence-corrected chi connectivity index (χ0v) is 7.72. The Morgan fingerprint density at radius 1 is 1.33 bits per heavy atom. The Balaban J connectivity index is 3.19. The molecule has 2 heteroatoms. The third-order valence-corrected chi connectivity index (χ3v) is 2.08. The van der Waals surface area contributed by atoms with Crippen LogP contribution in [0.1, 0.15) is 16.7 Å². The highest BCUT2D eigenvalue weighted by Gasteiger charge is 2.03. The maximum Gasteiger partial charge on any atom is 0.122 e. The van der Waals surface area contributed by atoms with E-state index in [9.17, 15) is 0 Å². The number of aliphatic hydroxyl groups excluding tert-OH is 1. The van der Waals surface area contributed by atoms with Crippen molar-refractivity contribution in [1.82, 2.24) is 0 Å². The van der Waals surface area contributed by atoms with Crippen molar-refractivity contribution >= 4 is 0 Å². The zero-order valence-electron chi connectivity index (χ0n) is 7.72. The Kier molecular flexibility index (Phi) is 2.71. The number of hydrogen-bond donors (Lipinski definition) is 1. The molecule has 0 heterocycles. The molecular formula is C10H14O2. The molecule has 0 radical (unpaired) electrons. The monoisotopic (exact) mass is 166 g/mol. The van der Waals surface area contributed by atoms with Crippen LogP contribution in [0, 0.1) is 13.8 Å². The van der Waals surface area contributed by atoms with E-state index < -0.39 is 0 Å². The van der Waals surface area contributed by atoms with Gasteiger partial charge in [0.05, 0.1) is 13.7 Å². The average molecular weight is 166 g/mol. The third kappa shape index (κ3) is 1.59. The van der Waals surface area contributed by atoms with E-state index in [0.717, 1.165) is 22.4 Å². The highest BCUT2D eigenvalue weighted by Crippen LogP contribution is 2.22. The Bertz CT molecular complexity index is 279. The van der Waals surface area contributed by atoms with Gasteiger partial charge in [-0.2, -0.15) is 0 Å². The summed E-state index contributed by atoms with van der Waals surface area (Å²) in [4.78, 5) is 0. The Labute approximate surface area is 72.8 Å². The van der Waals surface area contributed by atoms with Gasteiger partial charge in [-0.05, 0) is 36.6 Å². The zero-order chi connectivity index (χ0) is 9.14. The lowest BCUT2D eigenvalue weighted by Crippen LogP contribution is -1.93. The number of aryl methyl sites for hydroxylation is 1. The molecule has 0 bridgehead atoms. The predicted molar refractivity (Wildman–Crippen MR) is 48.4 cm³/mol. The fourth-order valence-electron chi connectivity index (χ4n) is 1.20. The first-order chi connectivity index (χ1) is 5.69. The van der Waals surface area contributed by atoms with Crippen molar-refractivity contribution in [3.8, 4) is 5.75 Å². The van der Waals surface area contributed by atoms with Gasteiger partial charge >= 0.3 is 0 Å². The second kappa shape index (κ2) is 3.59. The molecule has 0 amide bonds. The smallest absolute Gasteiger partial charge is 0.122 e. The average Bonchev–Trinajstić information content (AvgIpc) is 2.09. The van der Waals surface area contributed by atoms with Crippen LogP contribution in [-0.2, 0) is 6.61 Å². The molecule has 0 aliphatic carbocycles. The van der Waals surface area contributed by atoms with Crippen molar-refractivity contribution in [2.24, 2.45) is 0 Å². The molecule has 12 heavy (non-hydrogen) atoms. The highest BCUT2D eigenvalue weighted by atomic mass is 16.5. The van der Waals surface area contributed by atoms with Gasteiger partial charge < -0.3 is 9.84 Å². The van der Waals surface area contributed by atoms with Gasteiger partial charge in [0, 0.05) is 0 Å². The van der Waals surface area contributed by atoms with Crippen molar-refractivity contribution in [3.63, 3.8) is 0 Å². The van der Waals surface area contributed by atoms with Crippen LogP contribution in [0.25, 0.3) is 0 Å². The maximum absolute atomic E-state index is 8.92. The second-order valence-corrected chi connectivity index (χ2v) is 2.90. The van der Waals surface area contributed by atoms with Crippen LogP contribution < -0.4 is 4.74 Å². The molecule has 0 spiro atoms. The van der Waals surface area contributed by atoms with Crippen LogP contribution in [0.2, 0.25) is 0 Å². The number of methoxy groups -OCH3 is 1. The molecule has 0 fully saturated rings. The minimum absolute atomic E-state index is 0.0669. The Morgan fingerprint density at radius 3 is 2.50 bits per heavy atom. The molecule has 0 unspecified atom stereocenters. The van der Waals surface area contributed by atoms with E-state index in [1.165, 1.54) is 0 Å². The second-order valence-electron chi connectivity index (χ2n) is 2.90. The summed E-state index contributed by atoms with van der Waals surface area (Å²) in [6.45, 7) is 4.09. The molecule has 66 valence electrons. The number of rotatable bonds is 2. The summed E-state index contributed by atoms with van der Waals surface area (Å²) < 4.78 is 5.16. The van der Waals surface area contributed by atoms with Crippen LogP contribution in [0.5, 0.6) is 5.75 Å². The van der Waals surface area contributed by atoms with Crippen LogP contribution >= 0.6 is 0 Å². The van der Waals surface area contributed by atoms with Crippen molar-refractivity contribution in [3.05, 3.63) is 28.8 Å². The molecule has 1 aromatic carbocycles.